The van der Waals surface area contributed by atoms with Gasteiger partial charge >= 0.3 is 0 Å². The van der Waals surface area contributed by atoms with Gasteiger partial charge in [-0.1, -0.05) is 66.5 Å². The van der Waals surface area contributed by atoms with Crippen molar-refractivity contribution < 1.29 is 9.47 Å². The van der Waals surface area contributed by atoms with Gasteiger partial charge in [-0.15, -0.1) is 0 Å². The molecule has 1 unspecified atom stereocenters. The summed E-state index contributed by atoms with van der Waals surface area (Å²) in [6.45, 7) is 3.35. The highest BCUT2D eigenvalue weighted by molar-refractivity contribution is 6.42. The molecular formula is C21H25Cl2NO2. The second-order valence-electron chi connectivity index (χ2n) is 6.63. The zero-order valence-corrected chi connectivity index (χ0v) is 16.7. The third-order valence-electron chi connectivity index (χ3n) is 5.40. The Morgan fingerprint density at radius 2 is 1.73 bits per heavy atom. The van der Waals surface area contributed by atoms with Crippen LogP contribution < -0.4 is 5.32 Å². The molecule has 0 aromatic heterocycles. The summed E-state index contributed by atoms with van der Waals surface area (Å²) in [4.78, 5) is 0. The molecule has 0 aliphatic carbocycles. The van der Waals surface area contributed by atoms with E-state index < -0.39 is 5.79 Å². The highest BCUT2D eigenvalue weighted by Crippen LogP contribution is 2.42. The maximum absolute atomic E-state index is 6.24. The van der Waals surface area contributed by atoms with Gasteiger partial charge < -0.3 is 14.8 Å². The summed E-state index contributed by atoms with van der Waals surface area (Å²) < 4.78 is 12.2. The van der Waals surface area contributed by atoms with Crippen LogP contribution in [-0.4, -0.2) is 20.3 Å². The van der Waals surface area contributed by atoms with Crippen LogP contribution in [0.25, 0.3) is 0 Å². The average molecular weight is 394 g/mol. The minimum absolute atomic E-state index is 0.139. The van der Waals surface area contributed by atoms with Crippen molar-refractivity contribution in [3.05, 3.63) is 69.7 Å². The monoisotopic (exact) mass is 393 g/mol. The van der Waals surface area contributed by atoms with Gasteiger partial charge in [-0.3, -0.25) is 0 Å². The summed E-state index contributed by atoms with van der Waals surface area (Å²) in [6, 6.07) is 16.1. The highest BCUT2D eigenvalue weighted by Gasteiger charge is 2.41. The van der Waals surface area contributed by atoms with E-state index in [-0.39, 0.29) is 5.54 Å². The summed E-state index contributed by atoms with van der Waals surface area (Å²) >= 11 is 12.3. The van der Waals surface area contributed by atoms with Crippen LogP contribution >= 0.6 is 23.2 Å². The molecule has 3 nitrogen and oxygen atoms in total. The summed E-state index contributed by atoms with van der Waals surface area (Å²) in [5.74, 6) is -0.778. The lowest BCUT2D eigenvalue weighted by molar-refractivity contribution is -0.174. The first kappa shape index (κ1) is 19.7. The van der Waals surface area contributed by atoms with Crippen molar-refractivity contribution in [1.82, 2.24) is 5.32 Å². The van der Waals surface area contributed by atoms with Crippen molar-refractivity contribution in [3.63, 3.8) is 0 Å². The molecule has 1 N–H and O–H groups in total. The number of nitrogens with one attached hydrogen (secondary N) is 1. The zero-order chi connectivity index (χ0) is 18.6. The molecule has 26 heavy (non-hydrogen) atoms. The number of halogens is 2. The molecule has 0 radical (unpaired) electrons. The largest absolute Gasteiger partial charge is 0.343 e. The molecule has 0 spiro atoms. The van der Waals surface area contributed by atoms with E-state index in [4.69, 9.17) is 32.7 Å². The number of rotatable bonds is 7. The van der Waals surface area contributed by atoms with Crippen LogP contribution in [-0.2, 0) is 20.8 Å². The van der Waals surface area contributed by atoms with Crippen molar-refractivity contribution in [3.8, 4) is 0 Å². The third kappa shape index (κ3) is 3.78. The van der Waals surface area contributed by atoms with Gasteiger partial charge in [0.05, 0.1) is 23.3 Å². The maximum Gasteiger partial charge on any atom is 0.195 e. The molecule has 2 aromatic rings. The molecule has 140 valence electrons. The van der Waals surface area contributed by atoms with Crippen LogP contribution in [0.5, 0.6) is 0 Å². The van der Waals surface area contributed by atoms with E-state index in [0.29, 0.717) is 29.7 Å². The number of hydrogen-bond donors (Lipinski definition) is 1. The van der Waals surface area contributed by atoms with Gasteiger partial charge in [0, 0.05) is 17.5 Å². The fourth-order valence-corrected chi connectivity index (χ4v) is 4.05. The quantitative estimate of drug-likeness (QED) is 0.673. The fraction of sp³-hybridized carbons (Fsp3) is 0.429. The van der Waals surface area contributed by atoms with Gasteiger partial charge in [-0.05, 0) is 37.6 Å². The van der Waals surface area contributed by atoms with Gasteiger partial charge in [0.1, 0.15) is 0 Å². The number of benzene rings is 2. The van der Waals surface area contributed by atoms with Crippen molar-refractivity contribution >= 4 is 23.2 Å². The molecule has 2 aromatic carbocycles. The van der Waals surface area contributed by atoms with E-state index in [9.17, 15) is 0 Å². The second-order valence-corrected chi connectivity index (χ2v) is 7.44. The van der Waals surface area contributed by atoms with Crippen LogP contribution in [0.2, 0.25) is 10.0 Å². The zero-order valence-electron chi connectivity index (χ0n) is 15.2. The van der Waals surface area contributed by atoms with Crippen molar-refractivity contribution in [2.45, 2.75) is 37.5 Å². The molecule has 1 aliphatic rings. The smallest absolute Gasteiger partial charge is 0.195 e. The van der Waals surface area contributed by atoms with Crippen LogP contribution in [0.3, 0.4) is 0 Å². The molecule has 1 aliphatic heterocycles. The Labute approximate surface area is 165 Å². The lowest BCUT2D eigenvalue weighted by Crippen LogP contribution is -2.41. The van der Waals surface area contributed by atoms with Crippen molar-refractivity contribution in [2.24, 2.45) is 0 Å². The van der Waals surface area contributed by atoms with E-state index >= 15 is 0 Å². The summed E-state index contributed by atoms with van der Waals surface area (Å²) in [5.41, 5.74) is 2.05. The van der Waals surface area contributed by atoms with Crippen molar-refractivity contribution in [1.29, 1.82) is 0 Å². The van der Waals surface area contributed by atoms with E-state index in [1.54, 1.807) is 6.07 Å². The number of ether oxygens (including phenoxy) is 2. The molecule has 1 fully saturated rings. The van der Waals surface area contributed by atoms with E-state index in [1.807, 2.05) is 25.2 Å². The van der Waals surface area contributed by atoms with Crippen LogP contribution in [0, 0.1) is 0 Å². The minimum atomic E-state index is -0.778. The van der Waals surface area contributed by atoms with E-state index in [0.717, 1.165) is 18.4 Å². The summed E-state index contributed by atoms with van der Waals surface area (Å²) in [5, 5.41) is 4.58. The Balaban J connectivity index is 1.89. The molecule has 0 bridgehead atoms. The molecule has 5 heteroatoms. The molecular weight excluding hydrogens is 369 g/mol. The standard InChI is InChI=1S/C21H25Cl2NO2/c1-3-20(24-2,16-7-5-4-6-8-16)11-12-21(25-13-14-26-21)17-9-10-18(22)19(23)15-17/h4-10,15,24H,3,11-14H2,1-2H3. The lowest BCUT2D eigenvalue weighted by Gasteiger charge is -2.37. The Hall–Kier alpha value is -1.10. The maximum atomic E-state index is 6.24. The Morgan fingerprint density at radius 3 is 2.31 bits per heavy atom. The first-order valence-corrected chi connectivity index (χ1v) is 9.79. The normalized spacial score (nSPS) is 18.6. The minimum Gasteiger partial charge on any atom is -0.343 e. The Kier molecular flexibility index (Phi) is 6.26. The summed E-state index contributed by atoms with van der Waals surface area (Å²) in [6.07, 6.45) is 2.55. The van der Waals surface area contributed by atoms with Crippen LogP contribution in [0.4, 0.5) is 0 Å². The third-order valence-corrected chi connectivity index (χ3v) is 6.14. The average Bonchev–Trinajstić information content (AvgIpc) is 3.16. The molecule has 1 heterocycles. The Bertz CT molecular complexity index is 726. The lowest BCUT2D eigenvalue weighted by atomic mass is 9.81. The van der Waals surface area contributed by atoms with Gasteiger partial charge in [0.25, 0.3) is 0 Å². The fourth-order valence-electron chi connectivity index (χ4n) is 3.75. The van der Waals surface area contributed by atoms with Gasteiger partial charge in [0.2, 0.25) is 0 Å². The van der Waals surface area contributed by atoms with Crippen LogP contribution in [0.15, 0.2) is 48.5 Å². The van der Waals surface area contributed by atoms with Gasteiger partial charge in [-0.25, -0.2) is 0 Å². The highest BCUT2D eigenvalue weighted by atomic mass is 35.5. The van der Waals surface area contributed by atoms with Crippen molar-refractivity contribution in [2.75, 3.05) is 20.3 Å². The van der Waals surface area contributed by atoms with Gasteiger partial charge in [0.15, 0.2) is 5.79 Å². The van der Waals surface area contributed by atoms with Gasteiger partial charge in [-0.2, -0.15) is 0 Å². The molecule has 3 rings (SSSR count). The Morgan fingerprint density at radius 1 is 1.04 bits per heavy atom. The second kappa shape index (κ2) is 8.28. The van der Waals surface area contributed by atoms with Crippen LogP contribution in [0.1, 0.15) is 37.3 Å². The SMILES string of the molecule is CCC(CCC1(c2ccc(Cl)c(Cl)c2)OCCO1)(NC)c1ccccc1. The molecule has 1 saturated heterocycles. The molecule has 0 saturated carbocycles. The first-order valence-electron chi connectivity index (χ1n) is 9.03. The van der Waals surface area contributed by atoms with E-state index in [2.05, 4.69) is 36.5 Å². The number of hydrogen-bond acceptors (Lipinski definition) is 3. The van der Waals surface area contributed by atoms with E-state index in [1.165, 1.54) is 5.56 Å². The topological polar surface area (TPSA) is 30.5 Å². The molecule has 0 amide bonds. The molecule has 1 atom stereocenters. The summed E-state index contributed by atoms with van der Waals surface area (Å²) in [7, 11) is 2.01. The predicted molar refractivity (Wildman–Crippen MR) is 107 cm³/mol. The predicted octanol–water partition coefficient (Wildman–Crippen LogP) is 5.50. The first-order chi connectivity index (χ1) is 12.6.